The highest BCUT2D eigenvalue weighted by Gasteiger charge is 2.15. The van der Waals surface area contributed by atoms with Gasteiger partial charge in [0.25, 0.3) is 0 Å². The molecule has 6 heteroatoms. The van der Waals surface area contributed by atoms with E-state index >= 15 is 0 Å². The van der Waals surface area contributed by atoms with Crippen LogP contribution in [0.15, 0.2) is 71.3 Å². The monoisotopic (exact) mass is 391 g/mol. The van der Waals surface area contributed by atoms with E-state index in [0.717, 1.165) is 28.0 Å². The van der Waals surface area contributed by atoms with Crippen LogP contribution in [0.5, 0.6) is 0 Å². The Morgan fingerprint density at radius 2 is 1.86 bits per heavy atom. The number of nitrogens with zero attached hydrogens (tertiary/aromatic N) is 2. The highest BCUT2D eigenvalue weighted by atomic mass is 16.5. The maximum absolute atomic E-state index is 8.78. The van der Waals surface area contributed by atoms with Crippen molar-refractivity contribution in [2.75, 3.05) is 26.4 Å². The lowest BCUT2D eigenvalue weighted by Crippen LogP contribution is -2.20. The van der Waals surface area contributed by atoms with Crippen LogP contribution in [0.3, 0.4) is 0 Å². The average molecular weight is 391 g/mol. The summed E-state index contributed by atoms with van der Waals surface area (Å²) in [6.45, 7) is 3.02. The van der Waals surface area contributed by atoms with Gasteiger partial charge < -0.3 is 19.6 Å². The predicted molar refractivity (Wildman–Crippen MR) is 113 cm³/mol. The number of hydrogen-bond donors (Lipinski definition) is 2. The number of rotatable bonds is 10. The molecule has 0 aliphatic rings. The van der Waals surface area contributed by atoms with Gasteiger partial charge >= 0.3 is 0 Å². The molecule has 4 rings (SSSR count). The number of nitrogens with one attached hydrogen (secondary N) is 1. The van der Waals surface area contributed by atoms with E-state index in [9.17, 15) is 0 Å². The van der Waals surface area contributed by atoms with Gasteiger partial charge in [0.05, 0.1) is 26.4 Å². The number of aliphatic hydroxyl groups excluding tert-OH is 1. The Kier molecular flexibility index (Phi) is 6.36. The fraction of sp³-hybridized carbons (Fsp3) is 0.261. The molecule has 6 nitrogen and oxygen atoms in total. The largest absolute Gasteiger partial charge is 0.454 e. The van der Waals surface area contributed by atoms with Crippen LogP contribution >= 0.6 is 0 Å². The molecule has 0 spiro atoms. The van der Waals surface area contributed by atoms with Gasteiger partial charge in [-0.15, -0.1) is 0 Å². The van der Waals surface area contributed by atoms with Crippen LogP contribution in [0.2, 0.25) is 0 Å². The van der Waals surface area contributed by atoms with E-state index < -0.39 is 0 Å². The molecule has 0 bridgehead atoms. The maximum atomic E-state index is 8.78. The third-order valence-electron chi connectivity index (χ3n) is 4.66. The van der Waals surface area contributed by atoms with E-state index in [-0.39, 0.29) is 6.61 Å². The van der Waals surface area contributed by atoms with Crippen molar-refractivity contribution < 1.29 is 14.3 Å². The van der Waals surface area contributed by atoms with Crippen molar-refractivity contribution >= 4 is 11.0 Å². The van der Waals surface area contributed by atoms with Crippen molar-refractivity contribution in [3.63, 3.8) is 0 Å². The molecule has 2 N–H and O–H groups in total. The van der Waals surface area contributed by atoms with E-state index in [1.807, 2.05) is 53.2 Å². The second kappa shape index (κ2) is 9.52. The Labute approximate surface area is 169 Å². The molecule has 0 radical (unpaired) electrons. The fourth-order valence-electron chi connectivity index (χ4n) is 3.28. The first-order chi connectivity index (χ1) is 14.3. The Balaban J connectivity index is 1.55. The SMILES string of the molecule is OCCOCCNCc1cn(Cc2ccccc2)nc1-c1cc2ccccc2o1. The number of fused-ring (bicyclic) bond motifs is 1. The molecule has 0 unspecified atom stereocenters. The molecule has 0 amide bonds. The molecule has 0 atom stereocenters. The van der Waals surface area contributed by atoms with Gasteiger partial charge in [-0.25, -0.2) is 0 Å². The smallest absolute Gasteiger partial charge is 0.156 e. The van der Waals surface area contributed by atoms with E-state index in [1.54, 1.807) is 0 Å². The maximum Gasteiger partial charge on any atom is 0.156 e. The lowest BCUT2D eigenvalue weighted by Gasteiger charge is -2.05. The molecule has 2 heterocycles. The molecule has 0 fully saturated rings. The summed E-state index contributed by atoms with van der Waals surface area (Å²) in [4.78, 5) is 0. The Morgan fingerprint density at radius 1 is 1.03 bits per heavy atom. The molecule has 2 aromatic carbocycles. The van der Waals surface area contributed by atoms with Crippen LogP contribution in [0.25, 0.3) is 22.4 Å². The van der Waals surface area contributed by atoms with Crippen molar-refractivity contribution in [2.24, 2.45) is 0 Å². The molecular formula is C23H25N3O3. The van der Waals surface area contributed by atoms with Crippen molar-refractivity contribution in [2.45, 2.75) is 13.1 Å². The van der Waals surface area contributed by atoms with Crippen molar-refractivity contribution in [3.05, 3.63) is 78.0 Å². The summed E-state index contributed by atoms with van der Waals surface area (Å²) in [6, 6.07) is 20.3. The summed E-state index contributed by atoms with van der Waals surface area (Å²) < 4.78 is 13.3. The second-order valence-electron chi connectivity index (χ2n) is 6.85. The predicted octanol–water partition coefficient (Wildman–Crippen LogP) is 3.44. The van der Waals surface area contributed by atoms with Gasteiger partial charge in [-0.05, 0) is 17.7 Å². The second-order valence-corrected chi connectivity index (χ2v) is 6.85. The highest BCUT2D eigenvalue weighted by Crippen LogP contribution is 2.29. The lowest BCUT2D eigenvalue weighted by molar-refractivity contribution is 0.0938. The topological polar surface area (TPSA) is 72.5 Å². The number of furan rings is 1. The number of para-hydroxylation sites is 1. The minimum absolute atomic E-state index is 0.0441. The first-order valence-electron chi connectivity index (χ1n) is 9.82. The molecular weight excluding hydrogens is 366 g/mol. The van der Waals surface area contributed by atoms with Gasteiger partial charge in [0.2, 0.25) is 0 Å². The van der Waals surface area contributed by atoms with Crippen molar-refractivity contribution in [1.82, 2.24) is 15.1 Å². The summed E-state index contributed by atoms with van der Waals surface area (Å²) in [7, 11) is 0. The fourth-order valence-corrected chi connectivity index (χ4v) is 3.28. The molecule has 0 aliphatic carbocycles. The van der Waals surface area contributed by atoms with Crippen LogP contribution in [0.1, 0.15) is 11.1 Å². The third-order valence-corrected chi connectivity index (χ3v) is 4.66. The van der Waals surface area contributed by atoms with E-state index in [1.165, 1.54) is 5.56 Å². The highest BCUT2D eigenvalue weighted by molar-refractivity contribution is 5.82. The average Bonchev–Trinajstić information content (AvgIpc) is 3.35. The minimum atomic E-state index is 0.0441. The Hall–Kier alpha value is -2.93. The number of hydrogen-bond acceptors (Lipinski definition) is 5. The number of benzene rings is 2. The quantitative estimate of drug-likeness (QED) is 0.405. The molecule has 2 aromatic heterocycles. The Bertz CT molecular complexity index is 1010. The Morgan fingerprint density at radius 3 is 2.69 bits per heavy atom. The van der Waals surface area contributed by atoms with Crippen LogP contribution in [0, 0.1) is 0 Å². The van der Waals surface area contributed by atoms with E-state index in [4.69, 9.17) is 19.4 Å². The van der Waals surface area contributed by atoms with Crippen molar-refractivity contribution in [1.29, 1.82) is 0 Å². The molecule has 0 saturated carbocycles. The van der Waals surface area contributed by atoms with E-state index in [0.29, 0.717) is 32.8 Å². The third kappa shape index (κ3) is 4.92. The van der Waals surface area contributed by atoms with Gasteiger partial charge in [-0.2, -0.15) is 5.10 Å². The molecule has 0 saturated heterocycles. The van der Waals surface area contributed by atoms with Crippen LogP contribution < -0.4 is 5.32 Å². The zero-order valence-corrected chi connectivity index (χ0v) is 16.3. The number of aliphatic hydroxyl groups is 1. The summed E-state index contributed by atoms with van der Waals surface area (Å²) >= 11 is 0. The van der Waals surface area contributed by atoms with Crippen LogP contribution in [0.4, 0.5) is 0 Å². The summed E-state index contributed by atoms with van der Waals surface area (Å²) in [5, 5.41) is 18.0. The summed E-state index contributed by atoms with van der Waals surface area (Å²) in [5.74, 6) is 0.770. The first-order valence-corrected chi connectivity index (χ1v) is 9.82. The zero-order chi connectivity index (χ0) is 19.9. The van der Waals surface area contributed by atoms with Crippen molar-refractivity contribution in [3.8, 4) is 11.5 Å². The molecule has 150 valence electrons. The van der Waals surface area contributed by atoms with Gasteiger partial charge in [-0.3, -0.25) is 4.68 Å². The van der Waals surface area contributed by atoms with E-state index in [2.05, 4.69) is 23.6 Å². The minimum Gasteiger partial charge on any atom is -0.454 e. The number of aromatic nitrogens is 2. The van der Waals surface area contributed by atoms with Gasteiger partial charge in [0.1, 0.15) is 11.3 Å². The lowest BCUT2D eigenvalue weighted by atomic mass is 10.2. The molecule has 4 aromatic rings. The molecule has 0 aliphatic heterocycles. The zero-order valence-electron chi connectivity index (χ0n) is 16.3. The van der Waals surface area contributed by atoms with Gasteiger partial charge in [0, 0.05) is 30.2 Å². The van der Waals surface area contributed by atoms with Gasteiger partial charge in [0.15, 0.2) is 5.76 Å². The normalized spacial score (nSPS) is 11.3. The van der Waals surface area contributed by atoms with Crippen LogP contribution in [-0.4, -0.2) is 41.3 Å². The first kappa shape index (κ1) is 19.4. The summed E-state index contributed by atoms with van der Waals surface area (Å²) in [6.07, 6.45) is 2.07. The number of ether oxygens (including phenoxy) is 1. The standard InChI is InChI=1S/C23H25N3O3/c27-11-13-28-12-10-24-15-20-17-26(16-18-6-2-1-3-7-18)25-23(20)22-14-19-8-4-5-9-21(19)29-22/h1-9,14,17,24,27H,10-13,15-16H2. The molecule has 29 heavy (non-hydrogen) atoms. The van der Waals surface area contributed by atoms with Crippen LogP contribution in [-0.2, 0) is 17.8 Å². The summed E-state index contributed by atoms with van der Waals surface area (Å²) in [5.41, 5.74) is 3.97. The van der Waals surface area contributed by atoms with Gasteiger partial charge in [-0.1, -0.05) is 48.5 Å².